The molecule has 0 aromatic rings. The van der Waals surface area contributed by atoms with Crippen LogP contribution >= 0.6 is 0 Å². The van der Waals surface area contributed by atoms with Crippen molar-refractivity contribution in [2.75, 3.05) is 0 Å². The molecule has 0 aliphatic heterocycles. The Morgan fingerprint density at radius 3 is 3.00 bits per heavy atom. The van der Waals surface area contributed by atoms with Crippen molar-refractivity contribution in [3.63, 3.8) is 0 Å². The van der Waals surface area contributed by atoms with E-state index in [-0.39, 0.29) is 0 Å². The van der Waals surface area contributed by atoms with Crippen molar-refractivity contribution in [1.82, 2.24) is 0 Å². The molecule has 0 fully saturated rings. The van der Waals surface area contributed by atoms with Gasteiger partial charge in [0.05, 0.1) is 0 Å². The van der Waals surface area contributed by atoms with Gasteiger partial charge in [0, 0.05) is 5.70 Å². The minimum Gasteiger partial charge on any atom is -0.399 e. The van der Waals surface area contributed by atoms with Crippen LogP contribution in [0.25, 0.3) is 0 Å². The Balaban J connectivity index is 2.45. The first-order chi connectivity index (χ1) is 4.86. The molecule has 0 radical (unpaired) electrons. The van der Waals surface area contributed by atoms with Gasteiger partial charge in [-0.05, 0) is 29.7 Å². The van der Waals surface area contributed by atoms with Crippen molar-refractivity contribution in [2.45, 2.75) is 6.42 Å². The molecule has 0 saturated carbocycles. The highest BCUT2D eigenvalue weighted by atomic mass is 14.6. The van der Waals surface area contributed by atoms with Crippen LogP contribution in [0.2, 0.25) is 0 Å². The number of hydrogen-bond donors (Lipinski definition) is 1. The van der Waals surface area contributed by atoms with Crippen molar-refractivity contribution in [3.05, 3.63) is 47.2 Å². The Hall–Kier alpha value is -1.24. The molecule has 0 spiro atoms. The minimum atomic E-state index is 0.880. The van der Waals surface area contributed by atoms with Crippen LogP contribution in [0, 0.1) is 0 Å². The Labute approximate surface area is 60.2 Å². The van der Waals surface area contributed by atoms with Gasteiger partial charge in [-0.2, -0.15) is 0 Å². The van der Waals surface area contributed by atoms with Crippen LogP contribution in [-0.4, -0.2) is 0 Å². The van der Waals surface area contributed by atoms with Gasteiger partial charge in [0.15, 0.2) is 0 Å². The molecule has 2 aliphatic rings. The summed E-state index contributed by atoms with van der Waals surface area (Å²) in [5.74, 6) is 0. The molecule has 0 unspecified atom stereocenters. The number of allylic oxidation sites excluding steroid dienone is 7. The molecular formula is C9H9N. The van der Waals surface area contributed by atoms with Crippen molar-refractivity contribution in [1.29, 1.82) is 0 Å². The van der Waals surface area contributed by atoms with Crippen LogP contribution in [0.3, 0.4) is 0 Å². The molecule has 2 rings (SSSR count). The molecule has 0 bridgehead atoms. The fourth-order valence-corrected chi connectivity index (χ4v) is 1.30. The van der Waals surface area contributed by atoms with E-state index in [2.05, 4.69) is 18.2 Å². The maximum absolute atomic E-state index is 5.61. The number of hydrogen-bond acceptors (Lipinski definition) is 1. The van der Waals surface area contributed by atoms with Crippen molar-refractivity contribution < 1.29 is 0 Å². The third kappa shape index (κ3) is 0.711. The number of nitrogens with two attached hydrogens (primary N) is 1. The van der Waals surface area contributed by atoms with Gasteiger partial charge >= 0.3 is 0 Å². The van der Waals surface area contributed by atoms with Gasteiger partial charge in [-0.15, -0.1) is 0 Å². The van der Waals surface area contributed by atoms with E-state index in [1.54, 1.807) is 0 Å². The zero-order valence-corrected chi connectivity index (χ0v) is 5.67. The fraction of sp³-hybridized carbons (Fsp3) is 0.111. The lowest BCUT2D eigenvalue weighted by Crippen LogP contribution is -1.87. The monoisotopic (exact) mass is 131 g/mol. The van der Waals surface area contributed by atoms with E-state index in [1.165, 1.54) is 11.1 Å². The number of fused-ring (bicyclic) bond motifs is 1. The molecule has 1 heteroatoms. The summed E-state index contributed by atoms with van der Waals surface area (Å²) in [6, 6.07) is 0. The second kappa shape index (κ2) is 1.87. The van der Waals surface area contributed by atoms with Crippen LogP contribution in [0.5, 0.6) is 0 Å². The molecule has 2 N–H and O–H groups in total. The highest BCUT2D eigenvalue weighted by Gasteiger charge is 2.09. The summed E-state index contributed by atoms with van der Waals surface area (Å²) in [6.07, 6.45) is 11.4. The quantitative estimate of drug-likeness (QED) is 0.531. The second-order valence-electron chi connectivity index (χ2n) is 2.57. The topological polar surface area (TPSA) is 26.0 Å². The van der Waals surface area contributed by atoms with Crippen molar-refractivity contribution >= 4 is 0 Å². The van der Waals surface area contributed by atoms with E-state index >= 15 is 0 Å². The van der Waals surface area contributed by atoms with E-state index in [0.29, 0.717) is 0 Å². The molecule has 2 aliphatic carbocycles. The maximum Gasteiger partial charge on any atom is 0.0323 e. The van der Waals surface area contributed by atoms with Gasteiger partial charge in [0.2, 0.25) is 0 Å². The average molecular weight is 131 g/mol. The zero-order valence-electron chi connectivity index (χ0n) is 5.67. The molecule has 0 aromatic carbocycles. The second-order valence-corrected chi connectivity index (χ2v) is 2.57. The highest BCUT2D eigenvalue weighted by Crippen LogP contribution is 2.26. The van der Waals surface area contributed by atoms with Gasteiger partial charge in [-0.3, -0.25) is 0 Å². The third-order valence-corrected chi connectivity index (χ3v) is 1.78. The first-order valence-electron chi connectivity index (χ1n) is 3.41. The van der Waals surface area contributed by atoms with Crippen molar-refractivity contribution in [3.8, 4) is 0 Å². The van der Waals surface area contributed by atoms with Crippen LogP contribution in [0.4, 0.5) is 0 Å². The van der Waals surface area contributed by atoms with Crippen LogP contribution in [-0.2, 0) is 0 Å². The lowest BCUT2D eigenvalue weighted by molar-refractivity contribution is 1.24. The van der Waals surface area contributed by atoms with Gasteiger partial charge in [-0.1, -0.05) is 18.2 Å². The lowest BCUT2D eigenvalue weighted by atomic mass is 10.0. The zero-order chi connectivity index (χ0) is 6.97. The molecule has 10 heavy (non-hydrogen) atoms. The molecule has 0 atom stereocenters. The SMILES string of the molecule is NC1=CC2=CC=CCC2=C1. The molecule has 0 amide bonds. The van der Waals surface area contributed by atoms with E-state index in [1.807, 2.05) is 12.2 Å². The Morgan fingerprint density at radius 1 is 1.30 bits per heavy atom. The van der Waals surface area contributed by atoms with E-state index in [4.69, 9.17) is 5.73 Å². The predicted molar refractivity (Wildman–Crippen MR) is 42.2 cm³/mol. The van der Waals surface area contributed by atoms with Crippen molar-refractivity contribution in [2.24, 2.45) is 5.73 Å². The van der Waals surface area contributed by atoms with E-state index in [9.17, 15) is 0 Å². The fourth-order valence-electron chi connectivity index (χ4n) is 1.30. The summed E-state index contributed by atoms with van der Waals surface area (Å²) >= 11 is 0. The van der Waals surface area contributed by atoms with Crippen LogP contribution in [0.15, 0.2) is 47.2 Å². The Morgan fingerprint density at radius 2 is 2.20 bits per heavy atom. The average Bonchev–Trinajstić information content (AvgIpc) is 2.27. The largest absolute Gasteiger partial charge is 0.399 e. The molecule has 0 saturated heterocycles. The number of rotatable bonds is 0. The predicted octanol–water partition coefficient (Wildman–Crippen LogP) is 1.66. The van der Waals surface area contributed by atoms with Gasteiger partial charge in [0.1, 0.15) is 0 Å². The highest BCUT2D eigenvalue weighted by molar-refractivity contribution is 5.55. The smallest absolute Gasteiger partial charge is 0.0323 e. The lowest BCUT2D eigenvalue weighted by Gasteiger charge is -2.03. The Kier molecular flexibility index (Phi) is 1.04. The molecule has 50 valence electrons. The van der Waals surface area contributed by atoms with Gasteiger partial charge in [0.25, 0.3) is 0 Å². The summed E-state index contributed by atoms with van der Waals surface area (Å²) in [5, 5.41) is 0. The Bertz CT molecular complexity index is 277. The first-order valence-corrected chi connectivity index (χ1v) is 3.41. The minimum absolute atomic E-state index is 0.880. The molecular weight excluding hydrogens is 122 g/mol. The summed E-state index contributed by atoms with van der Waals surface area (Å²) < 4.78 is 0. The van der Waals surface area contributed by atoms with Gasteiger partial charge in [-0.25, -0.2) is 0 Å². The normalized spacial score (nSPS) is 21.4. The third-order valence-electron chi connectivity index (χ3n) is 1.78. The molecule has 1 nitrogen and oxygen atoms in total. The maximum atomic E-state index is 5.61. The van der Waals surface area contributed by atoms with E-state index in [0.717, 1.165) is 12.1 Å². The van der Waals surface area contributed by atoms with E-state index < -0.39 is 0 Å². The summed E-state index contributed by atoms with van der Waals surface area (Å²) in [5.41, 5.74) is 9.12. The summed E-state index contributed by atoms with van der Waals surface area (Å²) in [4.78, 5) is 0. The van der Waals surface area contributed by atoms with Crippen LogP contribution < -0.4 is 5.73 Å². The summed E-state index contributed by atoms with van der Waals surface area (Å²) in [6.45, 7) is 0. The molecule has 0 heterocycles. The van der Waals surface area contributed by atoms with Crippen LogP contribution in [0.1, 0.15) is 6.42 Å². The standard InChI is InChI=1S/C9H9N/c10-9-5-7-3-1-2-4-8(7)6-9/h1-3,5-6H,4,10H2. The molecule has 0 aromatic heterocycles. The first kappa shape index (κ1) is 5.54. The van der Waals surface area contributed by atoms with Gasteiger partial charge < -0.3 is 5.73 Å². The summed E-state index contributed by atoms with van der Waals surface area (Å²) in [7, 11) is 0.